The van der Waals surface area contributed by atoms with Crippen molar-refractivity contribution in [1.82, 2.24) is 4.90 Å². The highest BCUT2D eigenvalue weighted by atomic mass is 15.2. The van der Waals surface area contributed by atoms with Crippen LogP contribution in [-0.2, 0) is 0 Å². The van der Waals surface area contributed by atoms with Gasteiger partial charge in [0.15, 0.2) is 0 Å². The predicted octanol–water partition coefficient (Wildman–Crippen LogP) is 0.944. The van der Waals surface area contributed by atoms with E-state index in [1.165, 1.54) is 0 Å². The lowest BCUT2D eigenvalue weighted by Gasteiger charge is -2.28. The van der Waals surface area contributed by atoms with E-state index in [1.807, 2.05) is 0 Å². The van der Waals surface area contributed by atoms with Crippen LogP contribution >= 0.6 is 0 Å². The summed E-state index contributed by atoms with van der Waals surface area (Å²) in [5, 5.41) is 0. The maximum atomic E-state index is 4.00. The largest absolute Gasteiger partial charge is 0.299 e. The zero-order chi connectivity index (χ0) is 9.44. The molecule has 0 atom stereocenters. The minimum absolute atomic E-state index is 0.690. The van der Waals surface area contributed by atoms with Crippen LogP contribution in [0.4, 0.5) is 0 Å². The molecular formula is C8H23N3. The first kappa shape index (κ1) is 13.5. The Labute approximate surface area is 70.7 Å². The molecule has 0 rings (SSSR count). The van der Waals surface area contributed by atoms with Gasteiger partial charge in [-0.25, -0.2) is 0 Å². The third-order valence-electron chi connectivity index (χ3n) is 1.69. The van der Waals surface area contributed by atoms with E-state index in [0.29, 0.717) is 12.1 Å². The molecule has 3 nitrogen and oxygen atoms in total. The van der Waals surface area contributed by atoms with Crippen LogP contribution in [-0.4, -0.2) is 23.5 Å². The van der Waals surface area contributed by atoms with E-state index in [0.717, 1.165) is 6.54 Å². The van der Waals surface area contributed by atoms with Crippen molar-refractivity contribution in [2.75, 3.05) is 6.54 Å². The molecule has 0 spiro atoms. The molecule has 4 N–H and O–H groups in total. The molecule has 0 aromatic heterocycles. The van der Waals surface area contributed by atoms with Crippen LogP contribution in [0.2, 0.25) is 0 Å². The Morgan fingerprint density at radius 2 is 1.27 bits per heavy atom. The topological polar surface area (TPSA) is 55.3 Å². The summed E-state index contributed by atoms with van der Waals surface area (Å²) in [6.07, 6.45) is 0. The van der Waals surface area contributed by atoms with Gasteiger partial charge in [-0.05, 0) is 34.2 Å². The number of hydrogen-bond acceptors (Lipinski definition) is 3. The molecule has 70 valence electrons. The van der Waals surface area contributed by atoms with E-state index in [9.17, 15) is 0 Å². The maximum absolute atomic E-state index is 4.00. The second-order valence-corrected chi connectivity index (χ2v) is 3.02. The summed E-state index contributed by atoms with van der Waals surface area (Å²) >= 11 is 0. The molecule has 0 unspecified atom stereocenters. The molecule has 0 aliphatic rings. The van der Waals surface area contributed by atoms with E-state index in [1.54, 1.807) is 0 Å². The lowest BCUT2D eigenvalue weighted by atomic mass is 10.2. The molecule has 0 aliphatic heterocycles. The van der Waals surface area contributed by atoms with Gasteiger partial charge in [-0.1, -0.05) is 6.92 Å². The molecular weight excluding hydrogens is 138 g/mol. The number of nitrogens with zero attached hydrogens (tertiary/aromatic N) is 1. The summed E-state index contributed by atoms with van der Waals surface area (Å²) in [7, 11) is 0. The van der Waals surface area contributed by atoms with Crippen LogP contribution in [0.3, 0.4) is 0 Å². The summed E-state index contributed by atoms with van der Waals surface area (Å²) in [6.45, 7) is 12.3. The SMILES string of the molecule is CCN(C(C)C)C(C)C.NN. The molecule has 0 radical (unpaired) electrons. The summed E-state index contributed by atoms with van der Waals surface area (Å²) in [6, 6.07) is 1.38. The Hall–Kier alpha value is -0.120. The van der Waals surface area contributed by atoms with Gasteiger partial charge in [-0.3, -0.25) is 16.6 Å². The monoisotopic (exact) mass is 161 g/mol. The van der Waals surface area contributed by atoms with Gasteiger partial charge in [-0.15, -0.1) is 0 Å². The lowest BCUT2D eigenvalue weighted by molar-refractivity contribution is 0.185. The smallest absolute Gasteiger partial charge is 0.00411 e. The van der Waals surface area contributed by atoms with Crippen LogP contribution in [0, 0.1) is 0 Å². The number of nitrogens with two attached hydrogens (primary N) is 2. The van der Waals surface area contributed by atoms with Gasteiger partial charge < -0.3 is 0 Å². The fraction of sp³-hybridized carbons (Fsp3) is 1.00. The molecule has 0 aromatic carbocycles. The van der Waals surface area contributed by atoms with E-state index >= 15 is 0 Å². The zero-order valence-electron chi connectivity index (χ0n) is 8.46. The van der Waals surface area contributed by atoms with Crippen LogP contribution in [0.5, 0.6) is 0 Å². The third-order valence-corrected chi connectivity index (χ3v) is 1.69. The fourth-order valence-electron chi connectivity index (χ4n) is 1.33. The minimum atomic E-state index is 0.690. The van der Waals surface area contributed by atoms with E-state index < -0.39 is 0 Å². The highest BCUT2D eigenvalue weighted by Crippen LogP contribution is 2.02. The summed E-state index contributed by atoms with van der Waals surface area (Å²) in [5.41, 5.74) is 0. The molecule has 0 aromatic rings. The first-order valence-corrected chi connectivity index (χ1v) is 4.18. The first-order valence-electron chi connectivity index (χ1n) is 4.18. The fourth-order valence-corrected chi connectivity index (χ4v) is 1.33. The molecule has 0 heterocycles. The Balaban J connectivity index is 0. The average molecular weight is 161 g/mol. The van der Waals surface area contributed by atoms with Crippen LogP contribution in [0.15, 0.2) is 0 Å². The Morgan fingerprint density at radius 3 is 1.27 bits per heavy atom. The molecule has 0 aliphatic carbocycles. The molecule has 0 amide bonds. The van der Waals surface area contributed by atoms with Gasteiger partial charge in [0, 0.05) is 12.1 Å². The van der Waals surface area contributed by atoms with Crippen molar-refractivity contribution < 1.29 is 0 Å². The van der Waals surface area contributed by atoms with Gasteiger partial charge in [-0.2, -0.15) is 0 Å². The Kier molecular flexibility index (Phi) is 9.77. The van der Waals surface area contributed by atoms with Crippen molar-refractivity contribution >= 4 is 0 Å². The molecule has 11 heavy (non-hydrogen) atoms. The number of hydrazine groups is 1. The Bertz CT molecular complexity index is 63.7. The quantitative estimate of drug-likeness (QED) is 0.478. The number of rotatable bonds is 3. The second-order valence-electron chi connectivity index (χ2n) is 3.02. The van der Waals surface area contributed by atoms with Gasteiger partial charge in [0.25, 0.3) is 0 Å². The van der Waals surface area contributed by atoms with Gasteiger partial charge in [0.1, 0.15) is 0 Å². The summed E-state index contributed by atoms with van der Waals surface area (Å²) in [4.78, 5) is 2.46. The van der Waals surface area contributed by atoms with Gasteiger partial charge in [0.2, 0.25) is 0 Å². The first-order chi connectivity index (χ1) is 5.09. The summed E-state index contributed by atoms with van der Waals surface area (Å²) < 4.78 is 0. The zero-order valence-corrected chi connectivity index (χ0v) is 8.46. The predicted molar refractivity (Wildman–Crippen MR) is 51.0 cm³/mol. The highest BCUT2D eigenvalue weighted by Gasteiger charge is 2.08. The van der Waals surface area contributed by atoms with Gasteiger partial charge in [0.05, 0.1) is 0 Å². The van der Waals surface area contributed by atoms with Crippen molar-refractivity contribution in [2.45, 2.75) is 46.7 Å². The molecule has 0 saturated carbocycles. The van der Waals surface area contributed by atoms with E-state index in [2.05, 4.69) is 51.2 Å². The third kappa shape index (κ3) is 6.28. The van der Waals surface area contributed by atoms with Crippen molar-refractivity contribution in [2.24, 2.45) is 11.7 Å². The lowest BCUT2D eigenvalue weighted by Crippen LogP contribution is -2.36. The van der Waals surface area contributed by atoms with Gasteiger partial charge >= 0.3 is 0 Å². The van der Waals surface area contributed by atoms with Crippen molar-refractivity contribution in [1.29, 1.82) is 0 Å². The van der Waals surface area contributed by atoms with Crippen molar-refractivity contribution in [3.05, 3.63) is 0 Å². The molecule has 0 fully saturated rings. The van der Waals surface area contributed by atoms with Crippen molar-refractivity contribution in [3.8, 4) is 0 Å². The normalized spacial score (nSPS) is 10.4. The summed E-state index contributed by atoms with van der Waals surface area (Å²) in [5.74, 6) is 8.00. The molecule has 0 saturated heterocycles. The highest BCUT2D eigenvalue weighted by molar-refractivity contribution is 4.64. The minimum Gasteiger partial charge on any atom is -0.299 e. The van der Waals surface area contributed by atoms with E-state index in [-0.39, 0.29) is 0 Å². The number of hydrogen-bond donors (Lipinski definition) is 2. The van der Waals surface area contributed by atoms with Crippen molar-refractivity contribution in [3.63, 3.8) is 0 Å². The van der Waals surface area contributed by atoms with Crippen LogP contribution < -0.4 is 11.7 Å². The standard InChI is InChI=1S/C8H19N.H4N2/c1-6-9(7(2)3)8(4)5;1-2/h7-8H,6H2,1-5H3;1-2H2. The van der Waals surface area contributed by atoms with Crippen LogP contribution in [0.1, 0.15) is 34.6 Å². The Morgan fingerprint density at radius 1 is 1.00 bits per heavy atom. The second kappa shape index (κ2) is 7.98. The maximum Gasteiger partial charge on any atom is 0.00411 e. The molecule has 3 heteroatoms. The average Bonchev–Trinajstić information content (AvgIpc) is 1.91. The molecule has 0 bridgehead atoms. The van der Waals surface area contributed by atoms with Crippen LogP contribution in [0.25, 0.3) is 0 Å². The van der Waals surface area contributed by atoms with E-state index in [4.69, 9.17) is 0 Å².